The van der Waals surface area contributed by atoms with Crippen molar-refractivity contribution in [1.82, 2.24) is 5.32 Å². The summed E-state index contributed by atoms with van der Waals surface area (Å²) >= 11 is 0. The Morgan fingerprint density at radius 1 is 0.500 bits per heavy atom. The van der Waals surface area contributed by atoms with Crippen molar-refractivity contribution in [1.29, 1.82) is 0 Å². The minimum atomic E-state index is -1.80. The van der Waals surface area contributed by atoms with Gasteiger partial charge in [-0.1, -0.05) is 173 Å². The maximum Gasteiger partial charge on any atom is 0.220 e. The zero-order valence-corrected chi connectivity index (χ0v) is 44.5. The topological polar surface area (TPSA) is 228 Å². The van der Waals surface area contributed by atoms with Gasteiger partial charge >= 0.3 is 0 Å². The Bertz CT molecular complexity index is 1750. The summed E-state index contributed by atoms with van der Waals surface area (Å²) in [6.45, 7) is 2.55. The molecule has 2 fully saturated rings. The number of carbonyl (C=O) groups excluding carboxylic acids is 1. The number of unbranched alkanes of at least 4 members (excludes halogenated alkanes) is 7. The van der Waals surface area contributed by atoms with E-state index in [4.69, 9.17) is 18.9 Å². The quantitative estimate of drug-likeness (QED) is 0.0208. The fraction of sp³-hybridized carbons (Fsp3) is 0.617. The molecular weight excluding hydrogens is 943 g/mol. The van der Waals surface area contributed by atoms with Crippen LogP contribution in [0.4, 0.5) is 0 Å². The molecular formula is C60H95NO13. The Balaban J connectivity index is 1.79. The molecule has 0 aliphatic carbocycles. The van der Waals surface area contributed by atoms with Gasteiger partial charge in [-0.3, -0.25) is 4.79 Å². The first-order valence-electron chi connectivity index (χ1n) is 27.4. The van der Waals surface area contributed by atoms with Gasteiger partial charge in [-0.25, -0.2) is 0 Å². The predicted octanol–water partition coefficient (Wildman–Crippen LogP) is 8.43. The second-order valence-corrected chi connectivity index (χ2v) is 18.6. The van der Waals surface area contributed by atoms with Gasteiger partial charge in [0.15, 0.2) is 12.6 Å². The van der Waals surface area contributed by atoms with Gasteiger partial charge in [0.25, 0.3) is 0 Å². The molecule has 2 aliphatic rings. The van der Waals surface area contributed by atoms with E-state index in [1.54, 1.807) is 6.08 Å². The summed E-state index contributed by atoms with van der Waals surface area (Å²) in [5, 5.41) is 86.7. The van der Waals surface area contributed by atoms with E-state index in [0.29, 0.717) is 19.3 Å². The number of nitrogens with one attached hydrogen (secondary N) is 1. The highest BCUT2D eigenvalue weighted by molar-refractivity contribution is 5.76. The Kier molecular flexibility index (Phi) is 39.6. The second-order valence-electron chi connectivity index (χ2n) is 18.6. The monoisotopic (exact) mass is 1040 g/mol. The average Bonchev–Trinajstić information content (AvgIpc) is 3.40. The van der Waals surface area contributed by atoms with Crippen LogP contribution < -0.4 is 5.32 Å². The minimum Gasteiger partial charge on any atom is -0.394 e. The standard InChI is InChI=1S/C60H95NO13/c1-3-5-7-9-11-13-15-16-17-18-19-20-21-22-23-24-25-26-27-28-29-30-31-32-34-36-38-40-42-44-52(65)61-48(49(64)43-41-39-37-35-33-14-12-10-8-6-4-2)47-71-59-57(70)55(68)58(51(46-63)73-59)74-60-56(69)54(67)53(66)50(45-62)72-60/h5,7,11,13,16-17,19-20,22-23,25-26,28-29,31-33,35-36,38,41,43,48-51,53-60,62-64,66-70H,3-4,6,8-10,12,14-15,18,21,24,27,30,34,37,39-40,42,44-47H2,1-2H3,(H,61,65)/b7-5-,13-11-,17-16-,20-19-,23-22-,26-25-,29-28-,32-31-,35-33+,38-36-,43-41+. The third-order valence-electron chi connectivity index (χ3n) is 12.3. The van der Waals surface area contributed by atoms with Gasteiger partial charge in [-0.15, -0.1) is 0 Å². The largest absolute Gasteiger partial charge is 0.394 e. The van der Waals surface area contributed by atoms with Crippen molar-refractivity contribution in [2.24, 2.45) is 0 Å². The molecule has 0 aromatic heterocycles. The van der Waals surface area contributed by atoms with Gasteiger partial charge in [0.2, 0.25) is 5.91 Å². The van der Waals surface area contributed by atoms with Crippen LogP contribution in [0.1, 0.15) is 142 Å². The van der Waals surface area contributed by atoms with Gasteiger partial charge in [0.1, 0.15) is 48.8 Å². The first kappa shape index (κ1) is 66.2. The summed E-state index contributed by atoms with van der Waals surface area (Å²) < 4.78 is 22.6. The highest BCUT2D eigenvalue weighted by Gasteiger charge is 2.51. The first-order valence-corrected chi connectivity index (χ1v) is 27.4. The normalized spacial score (nSPS) is 26.3. The van der Waals surface area contributed by atoms with Gasteiger partial charge < -0.3 is 65.1 Å². The summed E-state index contributed by atoms with van der Waals surface area (Å²) in [7, 11) is 0. The number of rotatable bonds is 40. The third kappa shape index (κ3) is 30.0. The van der Waals surface area contributed by atoms with E-state index in [0.717, 1.165) is 77.0 Å². The highest BCUT2D eigenvalue weighted by Crippen LogP contribution is 2.30. The molecule has 0 spiro atoms. The molecule has 2 aliphatic heterocycles. The molecule has 2 saturated heterocycles. The van der Waals surface area contributed by atoms with Gasteiger partial charge in [-0.2, -0.15) is 0 Å². The lowest BCUT2D eigenvalue weighted by atomic mass is 9.97. The van der Waals surface area contributed by atoms with Crippen LogP contribution in [-0.2, 0) is 23.7 Å². The van der Waals surface area contributed by atoms with Crippen LogP contribution in [0, 0.1) is 0 Å². The molecule has 14 nitrogen and oxygen atoms in total. The fourth-order valence-electron chi connectivity index (χ4n) is 7.89. The molecule has 0 aromatic carbocycles. The van der Waals surface area contributed by atoms with Crippen molar-refractivity contribution in [3.63, 3.8) is 0 Å². The number of amides is 1. The average molecular weight is 1040 g/mol. The molecule has 14 heteroatoms. The number of aliphatic hydroxyl groups is 8. The molecule has 2 rings (SSSR count). The number of hydrogen-bond donors (Lipinski definition) is 9. The first-order chi connectivity index (χ1) is 36.1. The maximum absolute atomic E-state index is 13.2. The van der Waals surface area contributed by atoms with E-state index in [1.807, 2.05) is 12.2 Å². The lowest BCUT2D eigenvalue weighted by molar-refractivity contribution is -0.359. The third-order valence-corrected chi connectivity index (χ3v) is 12.3. The van der Waals surface area contributed by atoms with Crippen LogP contribution in [0.5, 0.6) is 0 Å². The maximum atomic E-state index is 13.2. The van der Waals surface area contributed by atoms with Crippen molar-refractivity contribution in [3.05, 3.63) is 134 Å². The van der Waals surface area contributed by atoms with E-state index >= 15 is 0 Å². The van der Waals surface area contributed by atoms with Crippen LogP contribution in [0.2, 0.25) is 0 Å². The molecule has 0 bridgehead atoms. The summed E-state index contributed by atoms with van der Waals surface area (Å²) in [5.74, 6) is -0.316. The Hall–Kier alpha value is -3.87. The molecule has 1 amide bonds. The molecule has 9 N–H and O–H groups in total. The summed E-state index contributed by atoms with van der Waals surface area (Å²) in [6, 6.07) is -0.971. The molecule has 12 unspecified atom stereocenters. The van der Waals surface area contributed by atoms with Crippen molar-refractivity contribution in [2.45, 2.75) is 216 Å². The van der Waals surface area contributed by atoms with Gasteiger partial charge in [0, 0.05) is 6.42 Å². The summed E-state index contributed by atoms with van der Waals surface area (Å²) in [4.78, 5) is 13.2. The number of hydrogen-bond acceptors (Lipinski definition) is 13. The lowest BCUT2D eigenvalue weighted by Crippen LogP contribution is -2.65. The van der Waals surface area contributed by atoms with Crippen LogP contribution in [0.25, 0.3) is 0 Å². The summed E-state index contributed by atoms with van der Waals surface area (Å²) in [6.07, 6.45) is 47.9. The Labute approximate surface area is 443 Å². The number of allylic oxidation sites excluding steroid dienone is 21. The molecule has 12 atom stereocenters. The van der Waals surface area contributed by atoms with Crippen LogP contribution in [-0.4, -0.2) is 140 Å². The SMILES string of the molecule is CC/C=C\C/C=C\C/C=C\C/C=C\C/C=C\C/C=C\C/C=C\C/C=C\C/C=C\CCCC(=O)NC(COC1OC(CO)C(OC2OC(CO)C(O)C(O)C2O)C(O)C1O)C(O)/C=C/CC/C=C/CCCCCCC. The second kappa shape index (κ2) is 44.3. The van der Waals surface area contributed by atoms with Crippen LogP contribution >= 0.6 is 0 Å². The zero-order valence-electron chi connectivity index (χ0n) is 44.5. The minimum absolute atomic E-state index is 0.183. The Morgan fingerprint density at radius 3 is 1.47 bits per heavy atom. The molecule has 0 aromatic rings. The van der Waals surface area contributed by atoms with E-state index in [-0.39, 0.29) is 18.9 Å². The summed E-state index contributed by atoms with van der Waals surface area (Å²) in [5.41, 5.74) is 0. The Morgan fingerprint density at radius 2 is 0.946 bits per heavy atom. The van der Waals surface area contributed by atoms with Crippen molar-refractivity contribution in [2.75, 3.05) is 19.8 Å². The predicted molar refractivity (Wildman–Crippen MR) is 295 cm³/mol. The number of carbonyl (C=O) groups is 1. The van der Waals surface area contributed by atoms with E-state index in [1.165, 1.54) is 25.7 Å². The molecule has 2 heterocycles. The van der Waals surface area contributed by atoms with E-state index in [9.17, 15) is 45.6 Å². The molecule has 74 heavy (non-hydrogen) atoms. The van der Waals surface area contributed by atoms with Crippen LogP contribution in [0.15, 0.2) is 134 Å². The van der Waals surface area contributed by atoms with Crippen molar-refractivity contribution >= 4 is 5.91 Å². The molecule has 0 saturated carbocycles. The molecule has 418 valence electrons. The lowest BCUT2D eigenvalue weighted by Gasteiger charge is -2.46. The smallest absolute Gasteiger partial charge is 0.220 e. The highest BCUT2D eigenvalue weighted by atomic mass is 16.7. The van der Waals surface area contributed by atoms with Crippen LogP contribution in [0.3, 0.4) is 0 Å². The van der Waals surface area contributed by atoms with Crippen molar-refractivity contribution in [3.8, 4) is 0 Å². The van der Waals surface area contributed by atoms with E-state index in [2.05, 4.69) is 135 Å². The van der Waals surface area contributed by atoms with Crippen molar-refractivity contribution < 1.29 is 64.6 Å². The fourth-order valence-corrected chi connectivity index (χ4v) is 7.89. The van der Waals surface area contributed by atoms with Gasteiger partial charge in [0.05, 0.1) is 32.0 Å². The number of ether oxygens (including phenoxy) is 4. The van der Waals surface area contributed by atoms with Gasteiger partial charge in [-0.05, 0) is 96.3 Å². The zero-order chi connectivity index (χ0) is 53.9. The molecule has 0 radical (unpaired) electrons. The van der Waals surface area contributed by atoms with E-state index < -0.39 is 86.8 Å². The number of aliphatic hydroxyl groups excluding tert-OH is 8.